The zero-order valence-corrected chi connectivity index (χ0v) is 16.5. The van der Waals surface area contributed by atoms with E-state index in [1.54, 1.807) is 0 Å². The Morgan fingerprint density at radius 3 is 1.25 bits per heavy atom. The summed E-state index contributed by atoms with van der Waals surface area (Å²) >= 11 is 28.5. The molecule has 124 valence electrons. The molecule has 24 heavy (non-hydrogen) atoms. The van der Waals surface area contributed by atoms with Crippen LogP contribution >= 0.6 is 51.0 Å². The van der Waals surface area contributed by atoms with Crippen LogP contribution in [0.3, 0.4) is 0 Å². The Morgan fingerprint density at radius 2 is 0.875 bits per heavy atom. The Hall–Kier alpha value is -0.750. The van der Waals surface area contributed by atoms with Crippen molar-refractivity contribution in [1.29, 1.82) is 0 Å². The Labute approximate surface area is 161 Å². The van der Waals surface area contributed by atoms with Crippen LogP contribution in [0, 0.1) is 0 Å². The van der Waals surface area contributed by atoms with Crippen LogP contribution in [-0.2, 0) is 4.07 Å². The second kappa shape index (κ2) is 6.52. The molecule has 0 unspecified atom stereocenters. The van der Waals surface area contributed by atoms with Crippen LogP contribution in [0.1, 0.15) is 5.56 Å². The molecule has 0 saturated carbocycles. The molecule has 0 aliphatic rings. The van der Waals surface area contributed by atoms with E-state index in [2.05, 4.69) is 0 Å². The molecule has 5 heteroatoms. The molecule has 0 aliphatic carbocycles. The zero-order chi connectivity index (χ0) is 17.3. The molecular formula is C19H15Cl4P. The second-order valence-electron chi connectivity index (χ2n) is 5.48. The Morgan fingerprint density at radius 1 is 0.542 bits per heavy atom. The van der Waals surface area contributed by atoms with Crippen molar-refractivity contribution in [2.75, 3.05) is 0 Å². The van der Waals surface area contributed by atoms with E-state index in [1.807, 2.05) is 91.0 Å². The molecule has 0 N–H and O–H groups in total. The van der Waals surface area contributed by atoms with Crippen molar-refractivity contribution in [2.45, 2.75) is 4.07 Å². The van der Waals surface area contributed by atoms with Gasteiger partial charge in [-0.05, 0) is 0 Å². The van der Waals surface area contributed by atoms with Gasteiger partial charge in [-0.15, -0.1) is 0 Å². The van der Waals surface area contributed by atoms with Gasteiger partial charge in [-0.25, -0.2) is 0 Å². The molecule has 0 radical (unpaired) electrons. The number of hydrogen-bond acceptors (Lipinski definition) is 0. The van der Waals surface area contributed by atoms with Gasteiger partial charge in [-0.3, -0.25) is 0 Å². The van der Waals surface area contributed by atoms with Crippen molar-refractivity contribution in [3.63, 3.8) is 0 Å². The number of halogens is 4. The summed E-state index contributed by atoms with van der Waals surface area (Å²) in [5, 5.41) is -2.54. The van der Waals surface area contributed by atoms with Gasteiger partial charge in [0.1, 0.15) is 0 Å². The fraction of sp³-hybridized carbons (Fsp3) is 0.0526. The molecular weight excluding hydrogens is 401 g/mol. The maximum atomic E-state index is 7.30. The first-order chi connectivity index (χ1) is 11.4. The standard InChI is InChI=1S/C19H15Cl4P/c20-19(21,16-10-4-1-5-11-16)24(22,23,17-12-6-2-7-13-17)18-14-8-3-9-15-18/h1-15H. The Balaban J connectivity index is 2.36. The van der Waals surface area contributed by atoms with Crippen molar-refractivity contribution in [1.82, 2.24) is 0 Å². The van der Waals surface area contributed by atoms with Crippen molar-refractivity contribution >= 4 is 61.6 Å². The summed E-state index contributed by atoms with van der Waals surface area (Å²) in [5.41, 5.74) is 0.670. The van der Waals surface area contributed by atoms with Gasteiger partial charge in [0.15, 0.2) is 0 Å². The van der Waals surface area contributed by atoms with Crippen LogP contribution in [0.4, 0.5) is 0 Å². The number of rotatable bonds is 4. The molecule has 0 atom stereocenters. The molecule has 0 bridgehead atoms. The van der Waals surface area contributed by atoms with Gasteiger partial charge >= 0.3 is 162 Å². The molecule has 0 spiro atoms. The predicted octanol–water partition coefficient (Wildman–Crippen LogP) is 6.79. The zero-order valence-electron chi connectivity index (χ0n) is 12.6. The third-order valence-corrected chi connectivity index (χ3v) is 15.1. The van der Waals surface area contributed by atoms with Gasteiger partial charge in [-0.1, -0.05) is 0 Å². The van der Waals surface area contributed by atoms with E-state index < -0.39 is 9.38 Å². The molecule has 0 nitrogen and oxygen atoms in total. The number of hydrogen-bond donors (Lipinski definition) is 0. The molecule has 3 aromatic rings. The van der Waals surface area contributed by atoms with E-state index in [-0.39, 0.29) is 0 Å². The minimum absolute atomic E-state index is 0.670. The van der Waals surface area contributed by atoms with E-state index in [1.165, 1.54) is 0 Å². The minimum atomic E-state index is -4.00. The van der Waals surface area contributed by atoms with Gasteiger partial charge in [0.2, 0.25) is 0 Å². The van der Waals surface area contributed by atoms with E-state index in [4.69, 9.17) is 45.7 Å². The number of alkyl halides is 2. The van der Waals surface area contributed by atoms with Gasteiger partial charge in [0.05, 0.1) is 0 Å². The molecule has 0 aliphatic heterocycles. The summed E-state index contributed by atoms with van der Waals surface area (Å²) in [7, 11) is 0. The molecule has 0 saturated heterocycles. The van der Waals surface area contributed by atoms with Gasteiger partial charge < -0.3 is 0 Å². The van der Waals surface area contributed by atoms with Crippen LogP contribution in [0.25, 0.3) is 0 Å². The third-order valence-electron chi connectivity index (χ3n) is 4.03. The molecule has 0 amide bonds. The summed E-state index contributed by atoms with van der Waals surface area (Å²) < 4.78 is -1.50. The van der Waals surface area contributed by atoms with Crippen LogP contribution in [0.5, 0.6) is 0 Å². The molecule has 3 aromatic carbocycles. The van der Waals surface area contributed by atoms with E-state index in [0.29, 0.717) is 5.56 Å². The molecule has 3 rings (SSSR count). The SMILES string of the molecule is ClC(Cl)(c1ccccc1)P(Cl)(Cl)(c1ccccc1)c1ccccc1. The average molecular weight is 416 g/mol. The fourth-order valence-electron chi connectivity index (χ4n) is 2.72. The average Bonchev–Trinajstić information content (AvgIpc) is 2.64. The van der Waals surface area contributed by atoms with Crippen molar-refractivity contribution in [2.24, 2.45) is 0 Å². The summed E-state index contributed by atoms with van der Waals surface area (Å²) in [6, 6.07) is 28.2. The van der Waals surface area contributed by atoms with Crippen LogP contribution < -0.4 is 10.6 Å². The van der Waals surface area contributed by atoms with E-state index in [9.17, 15) is 0 Å². The third kappa shape index (κ3) is 2.66. The van der Waals surface area contributed by atoms with Crippen molar-refractivity contribution < 1.29 is 0 Å². The quantitative estimate of drug-likeness (QED) is 0.325. The summed E-state index contributed by atoms with van der Waals surface area (Å²) in [5.74, 6) is 0. The van der Waals surface area contributed by atoms with Crippen molar-refractivity contribution in [3.8, 4) is 0 Å². The first kappa shape index (κ1) is 18.1. The van der Waals surface area contributed by atoms with Gasteiger partial charge in [0.25, 0.3) is 0 Å². The van der Waals surface area contributed by atoms with E-state index in [0.717, 1.165) is 10.6 Å². The first-order valence-corrected chi connectivity index (χ1v) is 12.2. The topological polar surface area (TPSA) is 0 Å². The first-order valence-electron chi connectivity index (χ1n) is 7.37. The fourth-order valence-corrected chi connectivity index (χ4v) is 9.02. The number of benzene rings is 3. The molecule has 0 aromatic heterocycles. The Kier molecular flexibility index (Phi) is 4.91. The Bertz CT molecular complexity index is 774. The molecule has 0 fully saturated rings. The monoisotopic (exact) mass is 414 g/mol. The summed E-state index contributed by atoms with van der Waals surface area (Å²) in [6.45, 7) is 0. The van der Waals surface area contributed by atoms with Gasteiger partial charge in [-0.2, -0.15) is 0 Å². The van der Waals surface area contributed by atoms with Crippen molar-refractivity contribution in [3.05, 3.63) is 96.6 Å². The normalized spacial score (nSPS) is 13.9. The second-order valence-corrected chi connectivity index (χ2v) is 15.4. The predicted molar refractivity (Wildman–Crippen MR) is 111 cm³/mol. The van der Waals surface area contributed by atoms with E-state index >= 15 is 0 Å². The van der Waals surface area contributed by atoms with Crippen LogP contribution in [0.2, 0.25) is 0 Å². The molecule has 0 heterocycles. The van der Waals surface area contributed by atoms with Crippen LogP contribution in [0.15, 0.2) is 91.0 Å². The maximum absolute atomic E-state index is 7.30. The summed E-state index contributed by atoms with van der Waals surface area (Å²) in [4.78, 5) is 0. The van der Waals surface area contributed by atoms with Crippen LogP contribution in [-0.4, -0.2) is 0 Å². The van der Waals surface area contributed by atoms with Gasteiger partial charge in [0, 0.05) is 0 Å². The summed E-state index contributed by atoms with van der Waals surface area (Å²) in [6.07, 6.45) is 0.